The first-order valence-electron chi connectivity index (χ1n) is 6.47. The molecule has 108 valence electrons. The molecule has 0 aliphatic rings. The van der Waals surface area contributed by atoms with E-state index < -0.39 is 0 Å². The molecule has 0 bridgehead atoms. The number of carbonyl (C=O) groups is 1. The highest BCUT2D eigenvalue weighted by Crippen LogP contribution is 2.27. The fraction of sp³-hybridized carbons (Fsp3) is 0.118. The van der Waals surface area contributed by atoms with Gasteiger partial charge in [0.2, 0.25) is 5.91 Å². The van der Waals surface area contributed by atoms with Gasteiger partial charge >= 0.3 is 0 Å². The molecule has 0 heterocycles. The largest absolute Gasteiger partial charge is 0.321 e. The van der Waals surface area contributed by atoms with Crippen molar-refractivity contribution < 1.29 is 9.18 Å². The first kappa shape index (κ1) is 15.3. The Labute approximate surface area is 128 Å². The van der Waals surface area contributed by atoms with Crippen LogP contribution in [0.15, 0.2) is 42.5 Å². The molecular weight excluding hydrogens is 289 g/mol. The zero-order chi connectivity index (χ0) is 15.4. The summed E-state index contributed by atoms with van der Waals surface area (Å²) in [6.07, 6.45) is 2.90. The number of rotatable bonds is 3. The highest BCUT2D eigenvalue weighted by Gasteiger charge is 2.07. The first-order chi connectivity index (χ1) is 9.95. The number of anilines is 1. The predicted molar refractivity (Wildman–Crippen MR) is 85.0 cm³/mol. The van der Waals surface area contributed by atoms with E-state index in [1.165, 1.54) is 18.2 Å². The molecule has 2 rings (SSSR count). The lowest BCUT2D eigenvalue weighted by atomic mass is 10.1. The summed E-state index contributed by atoms with van der Waals surface area (Å²) in [6, 6.07) is 9.75. The third kappa shape index (κ3) is 4.17. The van der Waals surface area contributed by atoms with Crippen LogP contribution in [0.4, 0.5) is 10.1 Å². The van der Waals surface area contributed by atoms with Crippen LogP contribution in [-0.2, 0) is 4.79 Å². The van der Waals surface area contributed by atoms with Crippen LogP contribution < -0.4 is 5.32 Å². The fourth-order valence-corrected chi connectivity index (χ4v) is 2.39. The van der Waals surface area contributed by atoms with Gasteiger partial charge in [-0.2, -0.15) is 0 Å². The second-order valence-electron chi connectivity index (χ2n) is 4.82. The molecule has 4 heteroatoms. The number of aryl methyl sites for hydroxylation is 2. The highest BCUT2D eigenvalue weighted by atomic mass is 35.5. The average molecular weight is 304 g/mol. The second kappa shape index (κ2) is 6.55. The number of hydrogen-bond donors (Lipinski definition) is 1. The number of benzene rings is 2. The van der Waals surface area contributed by atoms with Crippen LogP contribution in [0, 0.1) is 19.7 Å². The van der Waals surface area contributed by atoms with Gasteiger partial charge in [-0.3, -0.25) is 4.79 Å². The third-order valence-corrected chi connectivity index (χ3v) is 3.25. The van der Waals surface area contributed by atoms with Gasteiger partial charge in [0.15, 0.2) is 0 Å². The van der Waals surface area contributed by atoms with Gasteiger partial charge < -0.3 is 5.32 Å². The molecule has 0 unspecified atom stereocenters. The molecule has 0 aliphatic heterocycles. The maximum Gasteiger partial charge on any atom is 0.248 e. The Morgan fingerprint density at radius 2 is 2.00 bits per heavy atom. The van der Waals surface area contributed by atoms with Crippen LogP contribution in [0.5, 0.6) is 0 Å². The van der Waals surface area contributed by atoms with E-state index in [1.54, 1.807) is 24.3 Å². The molecule has 0 atom stereocenters. The summed E-state index contributed by atoms with van der Waals surface area (Å²) < 4.78 is 13.0. The molecule has 1 N–H and O–H groups in total. The average Bonchev–Trinajstić information content (AvgIpc) is 2.40. The Hall–Kier alpha value is -2.13. The first-order valence-corrected chi connectivity index (χ1v) is 6.85. The molecule has 21 heavy (non-hydrogen) atoms. The van der Waals surface area contributed by atoms with Crippen molar-refractivity contribution in [3.8, 4) is 0 Å². The molecule has 0 spiro atoms. The number of nitrogens with one attached hydrogen (secondary N) is 1. The summed E-state index contributed by atoms with van der Waals surface area (Å²) in [5, 5.41) is 3.24. The van der Waals surface area contributed by atoms with Gasteiger partial charge in [0, 0.05) is 6.08 Å². The summed E-state index contributed by atoms with van der Waals surface area (Å²) >= 11 is 6.13. The predicted octanol–water partition coefficient (Wildman–Crippen LogP) is 4.75. The van der Waals surface area contributed by atoms with Crippen LogP contribution in [0.1, 0.15) is 16.7 Å². The Balaban J connectivity index is 2.12. The molecule has 0 saturated carbocycles. The molecule has 2 nitrogen and oxygen atoms in total. The maximum absolute atomic E-state index is 13.0. The van der Waals surface area contributed by atoms with E-state index in [1.807, 2.05) is 19.9 Å². The zero-order valence-electron chi connectivity index (χ0n) is 11.8. The fourth-order valence-electron chi connectivity index (χ4n) is 2.02. The van der Waals surface area contributed by atoms with Gasteiger partial charge in [-0.15, -0.1) is 0 Å². The smallest absolute Gasteiger partial charge is 0.248 e. The van der Waals surface area contributed by atoms with Gasteiger partial charge in [0.1, 0.15) is 5.82 Å². The van der Waals surface area contributed by atoms with E-state index >= 15 is 0 Å². The maximum atomic E-state index is 13.0. The van der Waals surface area contributed by atoms with Crippen molar-refractivity contribution in [3.05, 3.63) is 70.0 Å². The van der Waals surface area contributed by atoms with E-state index in [0.717, 1.165) is 11.1 Å². The Morgan fingerprint density at radius 3 is 2.67 bits per heavy atom. The molecule has 2 aromatic carbocycles. The van der Waals surface area contributed by atoms with Crippen LogP contribution in [-0.4, -0.2) is 5.91 Å². The molecular formula is C17H15ClFNO. The van der Waals surface area contributed by atoms with Crippen molar-refractivity contribution in [1.29, 1.82) is 0 Å². The quantitative estimate of drug-likeness (QED) is 0.815. The Bertz CT molecular complexity index is 687. The normalized spacial score (nSPS) is 10.9. The van der Waals surface area contributed by atoms with E-state index in [0.29, 0.717) is 16.3 Å². The Morgan fingerprint density at radius 1 is 1.24 bits per heavy atom. The van der Waals surface area contributed by atoms with E-state index in [9.17, 15) is 9.18 Å². The van der Waals surface area contributed by atoms with Crippen LogP contribution in [0.25, 0.3) is 6.08 Å². The molecule has 1 amide bonds. The lowest BCUT2D eigenvalue weighted by molar-refractivity contribution is -0.111. The highest BCUT2D eigenvalue weighted by molar-refractivity contribution is 6.34. The summed E-state index contributed by atoms with van der Waals surface area (Å²) in [6.45, 7) is 3.82. The van der Waals surface area contributed by atoms with Crippen LogP contribution in [0.2, 0.25) is 5.02 Å². The molecule has 0 aromatic heterocycles. The molecule has 0 saturated heterocycles. The summed E-state index contributed by atoms with van der Waals surface area (Å²) in [5.41, 5.74) is 3.14. The number of amides is 1. The monoisotopic (exact) mass is 303 g/mol. The molecule has 0 radical (unpaired) electrons. The minimum Gasteiger partial charge on any atom is -0.321 e. The lowest BCUT2D eigenvalue weighted by Crippen LogP contribution is -2.09. The standard InChI is InChI=1S/C17H15ClFNO/c1-11-8-12(2)17(15(18)9-11)20-16(21)7-6-13-4-3-5-14(19)10-13/h3-10H,1-2H3,(H,20,21). The SMILES string of the molecule is Cc1cc(C)c(NC(=O)C=Cc2cccc(F)c2)c(Cl)c1. The molecule has 0 aliphatic carbocycles. The molecule has 0 fully saturated rings. The van der Waals surface area contributed by atoms with Crippen LogP contribution >= 0.6 is 11.6 Å². The molecule has 2 aromatic rings. The number of carbonyl (C=O) groups excluding carboxylic acids is 1. The number of halogens is 2. The van der Waals surface area contributed by atoms with Gasteiger partial charge in [-0.1, -0.05) is 29.8 Å². The van der Waals surface area contributed by atoms with Crippen molar-refractivity contribution in [2.75, 3.05) is 5.32 Å². The van der Waals surface area contributed by atoms with Crippen molar-refractivity contribution in [1.82, 2.24) is 0 Å². The van der Waals surface area contributed by atoms with Gasteiger partial charge in [-0.05, 0) is 54.8 Å². The summed E-state index contributed by atoms with van der Waals surface area (Å²) in [4.78, 5) is 11.9. The van der Waals surface area contributed by atoms with E-state index in [4.69, 9.17) is 11.6 Å². The van der Waals surface area contributed by atoms with E-state index in [-0.39, 0.29) is 11.7 Å². The topological polar surface area (TPSA) is 29.1 Å². The third-order valence-electron chi connectivity index (χ3n) is 2.96. The van der Waals surface area contributed by atoms with Gasteiger partial charge in [0.25, 0.3) is 0 Å². The number of hydrogen-bond acceptors (Lipinski definition) is 1. The lowest BCUT2D eigenvalue weighted by Gasteiger charge is -2.10. The summed E-state index contributed by atoms with van der Waals surface area (Å²) in [7, 11) is 0. The van der Waals surface area contributed by atoms with Crippen molar-refractivity contribution in [2.24, 2.45) is 0 Å². The van der Waals surface area contributed by atoms with Crippen molar-refractivity contribution >= 4 is 29.3 Å². The van der Waals surface area contributed by atoms with Crippen molar-refractivity contribution in [3.63, 3.8) is 0 Å². The van der Waals surface area contributed by atoms with E-state index in [2.05, 4.69) is 5.32 Å². The van der Waals surface area contributed by atoms with Crippen molar-refractivity contribution in [2.45, 2.75) is 13.8 Å². The minimum absolute atomic E-state index is 0.312. The van der Waals surface area contributed by atoms with Crippen LogP contribution in [0.3, 0.4) is 0 Å². The zero-order valence-corrected chi connectivity index (χ0v) is 12.5. The Kier molecular flexibility index (Phi) is 4.76. The van der Waals surface area contributed by atoms with Gasteiger partial charge in [-0.25, -0.2) is 4.39 Å². The summed E-state index contributed by atoms with van der Waals surface area (Å²) in [5.74, 6) is -0.650. The minimum atomic E-state index is -0.338. The second-order valence-corrected chi connectivity index (χ2v) is 5.22. The van der Waals surface area contributed by atoms with Gasteiger partial charge in [0.05, 0.1) is 10.7 Å².